The molecule has 3 aromatic carbocycles. The van der Waals surface area contributed by atoms with Gasteiger partial charge in [0.1, 0.15) is 0 Å². The highest BCUT2D eigenvalue weighted by molar-refractivity contribution is 5.94. The summed E-state index contributed by atoms with van der Waals surface area (Å²) in [6.45, 7) is 0.511. The number of nitrogens with zero attached hydrogens (tertiary/aromatic N) is 4. The van der Waals surface area contributed by atoms with Crippen LogP contribution in [0.25, 0.3) is 11.4 Å². The molecule has 0 atom stereocenters. The third-order valence-corrected chi connectivity index (χ3v) is 6.57. The first-order valence-electron chi connectivity index (χ1n) is 12.9. The summed E-state index contributed by atoms with van der Waals surface area (Å²) >= 11 is 0. The normalized spacial score (nSPS) is 11.3. The first-order valence-corrected chi connectivity index (χ1v) is 12.9. The Morgan fingerprint density at radius 3 is 2.15 bits per heavy atom. The number of rotatable bonds is 11. The van der Waals surface area contributed by atoms with Crippen molar-refractivity contribution in [1.29, 1.82) is 0 Å². The van der Waals surface area contributed by atoms with Crippen molar-refractivity contribution in [3.8, 4) is 22.9 Å². The van der Waals surface area contributed by atoms with Gasteiger partial charge in [0.05, 0.1) is 19.8 Å². The van der Waals surface area contributed by atoms with Crippen LogP contribution in [0.3, 0.4) is 0 Å². The second-order valence-corrected chi connectivity index (χ2v) is 9.51. The highest BCUT2D eigenvalue weighted by atomic mass is 19.4. The lowest BCUT2D eigenvalue weighted by Gasteiger charge is -2.23. The molecule has 1 heterocycles. The van der Waals surface area contributed by atoms with Crippen LogP contribution in [0, 0.1) is 0 Å². The van der Waals surface area contributed by atoms with Gasteiger partial charge in [0, 0.05) is 50.4 Å². The molecule has 8 nitrogen and oxygen atoms in total. The van der Waals surface area contributed by atoms with Crippen LogP contribution in [0.1, 0.15) is 27.4 Å². The van der Waals surface area contributed by atoms with E-state index in [2.05, 4.69) is 10.1 Å². The van der Waals surface area contributed by atoms with Crippen molar-refractivity contribution in [1.82, 2.24) is 15.0 Å². The fraction of sp³-hybridized carbons (Fsp3) is 0.300. The first-order chi connectivity index (χ1) is 19.6. The monoisotopic (exact) mass is 568 g/mol. The third-order valence-electron chi connectivity index (χ3n) is 6.57. The molecule has 0 aliphatic carbocycles. The number of methoxy groups -OCH3 is 2. The maximum Gasteiger partial charge on any atom is 0.416 e. The van der Waals surface area contributed by atoms with Gasteiger partial charge in [-0.2, -0.15) is 18.2 Å². The van der Waals surface area contributed by atoms with E-state index in [9.17, 15) is 18.0 Å². The predicted octanol–water partition coefficient (Wildman–Crippen LogP) is 5.77. The molecule has 0 unspecified atom stereocenters. The van der Waals surface area contributed by atoms with E-state index in [0.717, 1.165) is 28.9 Å². The summed E-state index contributed by atoms with van der Waals surface area (Å²) in [6, 6.07) is 17.4. The summed E-state index contributed by atoms with van der Waals surface area (Å²) < 4.78 is 55.3. The zero-order valence-electron chi connectivity index (χ0n) is 23.2. The molecular formula is C30H31F3N4O4. The van der Waals surface area contributed by atoms with Gasteiger partial charge >= 0.3 is 6.18 Å². The summed E-state index contributed by atoms with van der Waals surface area (Å²) in [6.07, 6.45) is -3.75. The van der Waals surface area contributed by atoms with Gasteiger partial charge in [-0.3, -0.25) is 4.79 Å². The van der Waals surface area contributed by atoms with Crippen LogP contribution in [0.2, 0.25) is 0 Å². The number of ether oxygens (including phenoxy) is 2. The minimum atomic E-state index is -4.49. The summed E-state index contributed by atoms with van der Waals surface area (Å²) in [5.41, 5.74) is 2.05. The number of halogens is 3. The SMILES string of the molecule is COc1ccc(CCN(CCc2nc(-c3ccc(N(C)C)cc3)no2)C(=O)c2ccc(C(F)(F)F)cc2)cc1OC. The molecule has 216 valence electrons. The van der Waals surface area contributed by atoms with E-state index in [0.29, 0.717) is 36.2 Å². The third kappa shape index (κ3) is 7.36. The van der Waals surface area contributed by atoms with E-state index in [-0.39, 0.29) is 18.5 Å². The van der Waals surface area contributed by atoms with Crippen LogP contribution >= 0.6 is 0 Å². The second-order valence-electron chi connectivity index (χ2n) is 9.51. The van der Waals surface area contributed by atoms with Crippen LogP contribution < -0.4 is 14.4 Å². The molecule has 11 heteroatoms. The van der Waals surface area contributed by atoms with Crippen molar-refractivity contribution in [2.45, 2.75) is 19.0 Å². The van der Waals surface area contributed by atoms with Gasteiger partial charge in [-0.1, -0.05) is 11.2 Å². The molecule has 0 bridgehead atoms. The van der Waals surface area contributed by atoms with Crippen LogP contribution in [-0.4, -0.2) is 62.4 Å². The van der Waals surface area contributed by atoms with Gasteiger partial charge in [-0.15, -0.1) is 0 Å². The highest BCUT2D eigenvalue weighted by Gasteiger charge is 2.30. The number of carbonyl (C=O) groups is 1. The maximum absolute atomic E-state index is 13.4. The number of aromatic nitrogens is 2. The van der Waals surface area contributed by atoms with E-state index in [1.54, 1.807) is 18.1 Å². The Kier molecular flexibility index (Phi) is 9.16. The molecule has 0 fully saturated rings. The van der Waals surface area contributed by atoms with Gasteiger partial charge in [0.2, 0.25) is 11.7 Å². The van der Waals surface area contributed by atoms with Crippen molar-refractivity contribution in [3.05, 3.63) is 89.3 Å². The summed E-state index contributed by atoms with van der Waals surface area (Å²) in [4.78, 5) is 21.4. The van der Waals surface area contributed by atoms with E-state index in [1.807, 2.05) is 55.4 Å². The van der Waals surface area contributed by atoms with Crippen molar-refractivity contribution < 1.29 is 32.0 Å². The molecule has 0 aliphatic rings. The average molecular weight is 569 g/mol. The van der Waals surface area contributed by atoms with Crippen molar-refractivity contribution in [3.63, 3.8) is 0 Å². The molecule has 0 saturated heterocycles. The zero-order chi connectivity index (χ0) is 29.6. The number of hydrogen-bond donors (Lipinski definition) is 0. The number of carbonyl (C=O) groups excluding carboxylic acids is 1. The van der Waals surface area contributed by atoms with Gasteiger partial charge in [0.25, 0.3) is 5.91 Å². The number of hydrogen-bond acceptors (Lipinski definition) is 7. The topological polar surface area (TPSA) is 80.9 Å². The van der Waals surface area contributed by atoms with E-state index in [1.165, 1.54) is 19.2 Å². The Morgan fingerprint density at radius 2 is 1.54 bits per heavy atom. The highest BCUT2D eigenvalue weighted by Crippen LogP contribution is 2.30. The lowest BCUT2D eigenvalue weighted by Crippen LogP contribution is -2.35. The number of amides is 1. The Labute approximate surface area is 236 Å². The summed E-state index contributed by atoms with van der Waals surface area (Å²) in [7, 11) is 6.98. The minimum absolute atomic E-state index is 0.150. The number of benzene rings is 3. The van der Waals surface area contributed by atoms with Crippen LogP contribution in [0.15, 0.2) is 71.3 Å². The molecule has 4 rings (SSSR count). The Balaban J connectivity index is 1.51. The average Bonchev–Trinajstić information content (AvgIpc) is 3.45. The standard InChI is InChI=1S/C30H31F3N4O4/c1-36(2)24-12-8-21(9-13-24)28-34-27(41-35-28)16-18-37(17-15-20-5-14-25(39-3)26(19-20)40-4)29(38)22-6-10-23(11-7-22)30(31,32)33/h5-14,19H,15-18H2,1-4H3. The fourth-order valence-corrected chi connectivity index (χ4v) is 4.21. The molecule has 1 aromatic heterocycles. The molecule has 0 saturated carbocycles. The van der Waals surface area contributed by atoms with Crippen LogP contribution in [-0.2, 0) is 19.0 Å². The Hall–Kier alpha value is -4.54. The number of anilines is 1. The second kappa shape index (κ2) is 12.8. The Bertz CT molecular complexity index is 1450. The summed E-state index contributed by atoms with van der Waals surface area (Å²) in [5.74, 6) is 1.50. The molecular weight excluding hydrogens is 537 g/mol. The molecule has 4 aromatic rings. The molecule has 0 radical (unpaired) electrons. The van der Waals surface area contributed by atoms with Gasteiger partial charge in [-0.05, 0) is 72.6 Å². The maximum atomic E-state index is 13.4. The smallest absolute Gasteiger partial charge is 0.416 e. The number of alkyl halides is 3. The van der Waals surface area contributed by atoms with Gasteiger partial charge in [0.15, 0.2) is 11.5 Å². The molecule has 1 amide bonds. The van der Waals surface area contributed by atoms with Crippen molar-refractivity contribution in [2.24, 2.45) is 0 Å². The van der Waals surface area contributed by atoms with Crippen molar-refractivity contribution >= 4 is 11.6 Å². The van der Waals surface area contributed by atoms with E-state index in [4.69, 9.17) is 14.0 Å². The van der Waals surface area contributed by atoms with Gasteiger partial charge in [-0.25, -0.2) is 0 Å². The van der Waals surface area contributed by atoms with Crippen LogP contribution in [0.4, 0.5) is 18.9 Å². The molecule has 0 N–H and O–H groups in total. The lowest BCUT2D eigenvalue weighted by molar-refractivity contribution is -0.137. The fourth-order valence-electron chi connectivity index (χ4n) is 4.21. The quantitative estimate of drug-likeness (QED) is 0.227. The first kappa shape index (κ1) is 29.4. The van der Waals surface area contributed by atoms with E-state index < -0.39 is 17.6 Å². The molecule has 0 spiro atoms. The molecule has 41 heavy (non-hydrogen) atoms. The predicted molar refractivity (Wildman–Crippen MR) is 148 cm³/mol. The zero-order valence-corrected chi connectivity index (χ0v) is 23.2. The van der Waals surface area contributed by atoms with Gasteiger partial charge < -0.3 is 23.8 Å². The van der Waals surface area contributed by atoms with Crippen LogP contribution in [0.5, 0.6) is 11.5 Å². The Morgan fingerprint density at radius 1 is 0.878 bits per heavy atom. The van der Waals surface area contributed by atoms with Crippen molar-refractivity contribution in [2.75, 3.05) is 46.3 Å². The lowest BCUT2D eigenvalue weighted by atomic mass is 10.1. The summed E-state index contributed by atoms with van der Waals surface area (Å²) in [5, 5.41) is 4.07. The molecule has 0 aliphatic heterocycles. The largest absolute Gasteiger partial charge is 0.493 e. The van der Waals surface area contributed by atoms with E-state index >= 15 is 0 Å². The minimum Gasteiger partial charge on any atom is -0.493 e.